The zero-order valence-electron chi connectivity index (χ0n) is 16.7. The number of Topliss-reactive ketones (excluding diaryl/α,β-unsaturated/α-hetero) is 1. The molecule has 148 valence electrons. The second-order valence-corrected chi connectivity index (χ2v) is 7.28. The first-order chi connectivity index (χ1) is 13.9. The van der Waals surface area contributed by atoms with Gasteiger partial charge in [-0.15, -0.1) is 11.3 Å². The molecule has 2 aromatic rings. The van der Waals surface area contributed by atoms with Gasteiger partial charge in [-0.1, -0.05) is 6.07 Å². The Kier molecular flexibility index (Phi) is 7.30. The van der Waals surface area contributed by atoms with Crippen LogP contribution in [0.4, 0.5) is 0 Å². The summed E-state index contributed by atoms with van der Waals surface area (Å²) < 4.78 is 10.2. The van der Waals surface area contributed by atoms with Crippen LogP contribution in [0.1, 0.15) is 43.7 Å². The van der Waals surface area contributed by atoms with Gasteiger partial charge in [-0.25, -0.2) is 4.79 Å². The van der Waals surface area contributed by atoms with Gasteiger partial charge in [-0.3, -0.25) is 4.79 Å². The van der Waals surface area contributed by atoms with Crippen molar-refractivity contribution < 1.29 is 19.1 Å². The Morgan fingerprint density at radius 2 is 1.97 bits per heavy atom. The molecule has 0 saturated carbocycles. The van der Waals surface area contributed by atoms with Crippen molar-refractivity contribution in [2.24, 2.45) is 0 Å². The number of rotatable bonds is 7. The Morgan fingerprint density at radius 1 is 1.24 bits per heavy atom. The lowest BCUT2D eigenvalue weighted by Gasteiger charge is -2.05. The topological polar surface area (TPSA) is 100 Å². The zero-order valence-corrected chi connectivity index (χ0v) is 17.5. The molecule has 0 radical (unpaired) electrons. The number of ether oxygens (including phenoxy) is 2. The van der Waals surface area contributed by atoms with Crippen LogP contribution in [0.5, 0.6) is 5.75 Å². The predicted octanol–water partition coefficient (Wildman–Crippen LogP) is 4.14. The maximum atomic E-state index is 12.7. The highest BCUT2D eigenvalue weighted by molar-refractivity contribution is 7.14. The van der Waals surface area contributed by atoms with Gasteiger partial charge in [0.25, 0.3) is 0 Å². The van der Waals surface area contributed by atoms with Crippen LogP contribution in [0.2, 0.25) is 0 Å². The van der Waals surface area contributed by atoms with E-state index in [0.29, 0.717) is 21.1 Å². The van der Waals surface area contributed by atoms with Crippen LogP contribution in [-0.2, 0) is 16.0 Å². The fraction of sp³-hybridized carbons (Fsp3) is 0.273. The number of benzene rings is 1. The molecule has 1 heterocycles. The van der Waals surface area contributed by atoms with E-state index in [1.165, 1.54) is 6.08 Å². The van der Waals surface area contributed by atoms with Crippen molar-refractivity contribution in [1.29, 1.82) is 10.5 Å². The van der Waals surface area contributed by atoms with Crippen molar-refractivity contribution in [3.8, 4) is 17.9 Å². The summed E-state index contributed by atoms with van der Waals surface area (Å²) in [5.74, 6) is -0.255. The normalized spacial score (nSPS) is 10.8. The highest BCUT2D eigenvalue weighted by Gasteiger charge is 2.23. The number of nitriles is 2. The van der Waals surface area contributed by atoms with Gasteiger partial charge in [0.1, 0.15) is 22.8 Å². The molecule has 0 N–H and O–H groups in total. The summed E-state index contributed by atoms with van der Waals surface area (Å²) in [7, 11) is 1.56. The molecule has 1 aromatic heterocycles. The van der Waals surface area contributed by atoms with Crippen molar-refractivity contribution in [2.75, 3.05) is 13.7 Å². The van der Waals surface area contributed by atoms with Gasteiger partial charge in [0.15, 0.2) is 5.78 Å². The van der Waals surface area contributed by atoms with Gasteiger partial charge >= 0.3 is 5.97 Å². The molecule has 0 unspecified atom stereocenters. The Bertz CT molecular complexity index is 1070. The highest BCUT2D eigenvalue weighted by atomic mass is 32.1. The molecule has 2 rings (SSSR count). The molecule has 0 fully saturated rings. The van der Waals surface area contributed by atoms with E-state index in [0.717, 1.165) is 22.5 Å². The van der Waals surface area contributed by atoms with E-state index in [2.05, 4.69) is 0 Å². The van der Waals surface area contributed by atoms with Gasteiger partial charge in [-0.05, 0) is 55.7 Å². The number of esters is 1. The Labute approximate surface area is 173 Å². The number of carbonyl (C=O) groups excluding carboxylic acids is 2. The lowest BCUT2D eigenvalue weighted by Crippen LogP contribution is -2.05. The molecular weight excluding hydrogens is 388 g/mol. The summed E-state index contributed by atoms with van der Waals surface area (Å²) in [4.78, 5) is 25.6. The molecule has 0 amide bonds. The lowest BCUT2D eigenvalue weighted by atomic mass is 10.0. The van der Waals surface area contributed by atoms with Crippen molar-refractivity contribution in [2.45, 2.75) is 27.2 Å². The van der Waals surface area contributed by atoms with Gasteiger partial charge in [-0.2, -0.15) is 10.5 Å². The summed E-state index contributed by atoms with van der Waals surface area (Å²) in [5.41, 5.74) is 2.34. The molecule has 0 atom stereocenters. The van der Waals surface area contributed by atoms with Crippen LogP contribution in [0.25, 0.3) is 6.08 Å². The first kappa shape index (κ1) is 21.9. The standard InChI is InChI=1S/C22H20N2O4S/c1-5-28-22(26)21-14(3)18(12-24)20(29-21)10-19(25)16(11-23)9-15-6-7-17(27-4)8-13(15)2/h6-9H,5,10H2,1-4H3/b16-9+. The van der Waals surface area contributed by atoms with Crippen LogP contribution in [-0.4, -0.2) is 25.5 Å². The van der Waals surface area contributed by atoms with Gasteiger partial charge in [0.2, 0.25) is 0 Å². The maximum Gasteiger partial charge on any atom is 0.348 e. The number of hydrogen-bond donors (Lipinski definition) is 0. The van der Waals surface area contributed by atoms with E-state index in [4.69, 9.17) is 9.47 Å². The van der Waals surface area contributed by atoms with Crippen LogP contribution in [0.3, 0.4) is 0 Å². The van der Waals surface area contributed by atoms with Crippen LogP contribution in [0.15, 0.2) is 23.8 Å². The first-order valence-electron chi connectivity index (χ1n) is 8.85. The Morgan fingerprint density at radius 3 is 2.52 bits per heavy atom. The molecule has 0 saturated heterocycles. The van der Waals surface area contributed by atoms with Crippen molar-refractivity contribution >= 4 is 29.2 Å². The van der Waals surface area contributed by atoms with Gasteiger partial charge < -0.3 is 9.47 Å². The molecule has 0 aliphatic carbocycles. The smallest absolute Gasteiger partial charge is 0.348 e. The summed E-state index contributed by atoms with van der Waals surface area (Å²) in [6.07, 6.45) is 1.39. The van der Waals surface area contributed by atoms with Crippen LogP contribution < -0.4 is 4.74 Å². The molecule has 0 spiro atoms. The number of nitrogens with zero attached hydrogens (tertiary/aromatic N) is 2. The monoisotopic (exact) mass is 408 g/mol. The Balaban J connectivity index is 2.35. The SMILES string of the molecule is CCOC(=O)c1sc(CC(=O)/C(C#N)=C/c2ccc(OC)cc2C)c(C#N)c1C. The maximum absolute atomic E-state index is 12.7. The highest BCUT2D eigenvalue weighted by Crippen LogP contribution is 2.30. The number of allylic oxidation sites excluding steroid dienone is 1. The quantitative estimate of drug-likeness (QED) is 0.388. The molecule has 0 bridgehead atoms. The third-order valence-electron chi connectivity index (χ3n) is 4.31. The van der Waals surface area contributed by atoms with Crippen molar-refractivity contribution in [3.05, 3.63) is 55.8 Å². The van der Waals surface area contributed by atoms with E-state index in [9.17, 15) is 20.1 Å². The fourth-order valence-corrected chi connectivity index (χ4v) is 3.89. The van der Waals surface area contributed by atoms with E-state index in [1.54, 1.807) is 33.1 Å². The Hall–Kier alpha value is -3.42. The van der Waals surface area contributed by atoms with E-state index >= 15 is 0 Å². The van der Waals surface area contributed by atoms with E-state index < -0.39 is 11.8 Å². The summed E-state index contributed by atoms with van der Waals surface area (Å²) >= 11 is 1.06. The molecule has 6 nitrogen and oxygen atoms in total. The molecule has 0 aliphatic rings. The number of ketones is 1. The second-order valence-electron chi connectivity index (χ2n) is 6.18. The van der Waals surface area contributed by atoms with Crippen LogP contribution >= 0.6 is 11.3 Å². The van der Waals surface area contributed by atoms with Gasteiger partial charge in [0, 0.05) is 11.3 Å². The lowest BCUT2D eigenvalue weighted by molar-refractivity contribution is -0.114. The zero-order chi connectivity index (χ0) is 21.6. The third-order valence-corrected chi connectivity index (χ3v) is 5.58. The minimum Gasteiger partial charge on any atom is -0.497 e. The molecular formula is C22H20N2O4S. The average molecular weight is 408 g/mol. The first-order valence-corrected chi connectivity index (χ1v) is 9.66. The molecule has 0 aliphatic heterocycles. The third kappa shape index (κ3) is 4.90. The van der Waals surface area contributed by atoms with E-state index in [1.807, 2.05) is 25.1 Å². The average Bonchev–Trinajstić information content (AvgIpc) is 3.02. The van der Waals surface area contributed by atoms with Gasteiger partial charge in [0.05, 0.1) is 24.9 Å². The van der Waals surface area contributed by atoms with Crippen molar-refractivity contribution in [1.82, 2.24) is 0 Å². The molecule has 29 heavy (non-hydrogen) atoms. The van der Waals surface area contributed by atoms with Crippen molar-refractivity contribution in [3.63, 3.8) is 0 Å². The minimum absolute atomic E-state index is 0.0223. The fourth-order valence-electron chi connectivity index (χ4n) is 2.74. The molecule has 7 heteroatoms. The van der Waals surface area contributed by atoms with E-state index in [-0.39, 0.29) is 24.2 Å². The molecule has 1 aromatic carbocycles. The number of carbonyl (C=O) groups is 2. The number of thiophene rings is 1. The minimum atomic E-state index is -0.518. The largest absolute Gasteiger partial charge is 0.497 e. The number of methoxy groups -OCH3 is 1. The summed E-state index contributed by atoms with van der Waals surface area (Å²) in [6, 6.07) is 9.32. The number of hydrogen-bond acceptors (Lipinski definition) is 7. The number of aryl methyl sites for hydroxylation is 1. The summed E-state index contributed by atoms with van der Waals surface area (Å²) in [6.45, 7) is 5.42. The predicted molar refractivity (Wildman–Crippen MR) is 110 cm³/mol. The van der Waals surface area contributed by atoms with Crippen LogP contribution in [0, 0.1) is 36.5 Å². The second kappa shape index (κ2) is 9.68. The summed E-state index contributed by atoms with van der Waals surface area (Å²) in [5, 5.41) is 18.9.